The Labute approximate surface area is 82.1 Å². The highest BCUT2D eigenvalue weighted by Crippen LogP contribution is 2.22. The van der Waals surface area contributed by atoms with Crippen LogP contribution in [0.15, 0.2) is 0 Å². The Balaban J connectivity index is 4.55. The lowest BCUT2D eigenvalue weighted by Gasteiger charge is -2.33. The highest BCUT2D eigenvalue weighted by Gasteiger charge is 2.35. The lowest BCUT2D eigenvalue weighted by molar-refractivity contribution is -0.132. The molecule has 1 N–H and O–H groups in total. The average molecular weight is 185 g/mol. The third-order valence-corrected chi connectivity index (χ3v) is 1.90. The molecule has 0 bridgehead atoms. The Hall–Kier alpha value is -0.370. The van der Waals surface area contributed by atoms with Crippen LogP contribution in [0.2, 0.25) is 0 Å². The minimum absolute atomic E-state index is 0.258. The van der Waals surface area contributed by atoms with Gasteiger partial charge in [-0.15, -0.1) is 0 Å². The fourth-order valence-corrected chi connectivity index (χ4v) is 1.72. The van der Waals surface area contributed by atoms with Crippen LogP contribution in [0.25, 0.3) is 0 Å². The van der Waals surface area contributed by atoms with Crippen LogP contribution >= 0.6 is 0 Å². The van der Waals surface area contributed by atoms with Gasteiger partial charge in [0.1, 0.15) is 0 Å². The van der Waals surface area contributed by atoms with E-state index in [1.807, 2.05) is 34.6 Å². The molecule has 0 saturated heterocycles. The zero-order valence-corrected chi connectivity index (χ0v) is 9.99. The SMILES string of the molecule is CC(C)NC(C)(C)C(=O)C(C)(C)C. The minimum atomic E-state index is -0.424. The Kier molecular flexibility index (Phi) is 3.68. The highest BCUT2D eigenvalue weighted by molar-refractivity contribution is 5.91. The van der Waals surface area contributed by atoms with Crippen molar-refractivity contribution in [3.05, 3.63) is 0 Å². The smallest absolute Gasteiger partial charge is 0.157 e. The highest BCUT2D eigenvalue weighted by atomic mass is 16.1. The lowest BCUT2D eigenvalue weighted by atomic mass is 9.80. The molecule has 2 heteroatoms. The molecule has 0 aliphatic rings. The molecule has 0 atom stereocenters. The van der Waals surface area contributed by atoms with Crippen molar-refractivity contribution in [3.63, 3.8) is 0 Å². The van der Waals surface area contributed by atoms with Crippen LogP contribution in [0.5, 0.6) is 0 Å². The van der Waals surface area contributed by atoms with Crippen molar-refractivity contribution in [2.24, 2.45) is 5.41 Å². The molecule has 78 valence electrons. The standard InChI is InChI=1S/C11H23NO/c1-8(2)12-11(6,7)9(13)10(3,4)5/h8,12H,1-7H3. The van der Waals surface area contributed by atoms with E-state index < -0.39 is 5.54 Å². The van der Waals surface area contributed by atoms with Crippen molar-refractivity contribution in [2.45, 2.75) is 60.0 Å². The molecule has 0 fully saturated rings. The molecule has 0 saturated carbocycles. The maximum Gasteiger partial charge on any atom is 0.157 e. The van der Waals surface area contributed by atoms with Crippen LogP contribution in [-0.4, -0.2) is 17.4 Å². The summed E-state index contributed by atoms with van der Waals surface area (Å²) < 4.78 is 0. The van der Waals surface area contributed by atoms with Crippen molar-refractivity contribution in [1.82, 2.24) is 5.32 Å². The number of carbonyl (C=O) groups is 1. The quantitative estimate of drug-likeness (QED) is 0.731. The first-order chi connectivity index (χ1) is 5.57. The van der Waals surface area contributed by atoms with Gasteiger partial charge in [-0.3, -0.25) is 4.79 Å². The van der Waals surface area contributed by atoms with E-state index in [-0.39, 0.29) is 11.2 Å². The third kappa shape index (κ3) is 3.90. The lowest BCUT2D eigenvalue weighted by Crippen LogP contribution is -2.53. The van der Waals surface area contributed by atoms with E-state index in [0.717, 1.165) is 0 Å². The van der Waals surface area contributed by atoms with Crippen LogP contribution in [0, 0.1) is 5.41 Å². The molecule has 0 spiro atoms. The molecule has 0 amide bonds. The molecule has 0 aliphatic heterocycles. The van der Waals surface area contributed by atoms with Gasteiger partial charge in [-0.05, 0) is 27.7 Å². The Morgan fingerprint density at radius 1 is 1.08 bits per heavy atom. The van der Waals surface area contributed by atoms with Gasteiger partial charge in [0, 0.05) is 11.5 Å². The molecule has 0 unspecified atom stereocenters. The van der Waals surface area contributed by atoms with Gasteiger partial charge in [0.05, 0.1) is 5.54 Å². The van der Waals surface area contributed by atoms with E-state index in [0.29, 0.717) is 6.04 Å². The minimum Gasteiger partial charge on any atom is -0.303 e. The van der Waals surface area contributed by atoms with Crippen molar-refractivity contribution in [3.8, 4) is 0 Å². The molecule has 0 aliphatic carbocycles. The predicted molar refractivity (Wildman–Crippen MR) is 56.8 cm³/mol. The van der Waals surface area contributed by atoms with E-state index >= 15 is 0 Å². The molecule has 0 aromatic rings. The molecule has 0 aromatic carbocycles. The molecule has 0 rings (SSSR count). The molecule has 2 nitrogen and oxygen atoms in total. The molecule has 0 heterocycles. The number of Topliss-reactive ketones (excluding diaryl/α,β-unsaturated/α-hetero) is 1. The summed E-state index contributed by atoms with van der Waals surface area (Å²) in [7, 11) is 0. The Bertz CT molecular complexity index is 187. The van der Waals surface area contributed by atoms with Gasteiger partial charge < -0.3 is 5.32 Å². The van der Waals surface area contributed by atoms with E-state index in [1.165, 1.54) is 0 Å². The normalized spacial score (nSPS) is 13.5. The first-order valence-corrected chi connectivity index (χ1v) is 4.90. The molecule has 0 aromatic heterocycles. The number of ketones is 1. The Morgan fingerprint density at radius 3 is 1.69 bits per heavy atom. The number of hydrogen-bond donors (Lipinski definition) is 1. The first kappa shape index (κ1) is 12.6. The number of hydrogen-bond acceptors (Lipinski definition) is 2. The molecule has 13 heavy (non-hydrogen) atoms. The van der Waals surface area contributed by atoms with Crippen LogP contribution in [0.3, 0.4) is 0 Å². The van der Waals surface area contributed by atoms with Gasteiger partial charge in [-0.2, -0.15) is 0 Å². The van der Waals surface area contributed by atoms with Gasteiger partial charge in [-0.1, -0.05) is 20.8 Å². The second kappa shape index (κ2) is 3.79. The molecule has 0 radical (unpaired) electrons. The Morgan fingerprint density at radius 2 is 1.46 bits per heavy atom. The van der Waals surface area contributed by atoms with Gasteiger partial charge in [0.15, 0.2) is 5.78 Å². The van der Waals surface area contributed by atoms with Gasteiger partial charge in [0.2, 0.25) is 0 Å². The van der Waals surface area contributed by atoms with E-state index in [9.17, 15) is 4.79 Å². The maximum absolute atomic E-state index is 12.0. The van der Waals surface area contributed by atoms with Crippen LogP contribution in [0.1, 0.15) is 48.5 Å². The van der Waals surface area contributed by atoms with Crippen LogP contribution < -0.4 is 5.32 Å². The topological polar surface area (TPSA) is 29.1 Å². The van der Waals surface area contributed by atoms with Crippen molar-refractivity contribution >= 4 is 5.78 Å². The summed E-state index contributed by atoms with van der Waals surface area (Å²) in [5, 5.41) is 3.28. The number of nitrogens with one attached hydrogen (secondary N) is 1. The summed E-state index contributed by atoms with van der Waals surface area (Å²) in [5.41, 5.74) is -0.697. The van der Waals surface area contributed by atoms with Gasteiger partial charge in [0.25, 0.3) is 0 Å². The molecular formula is C11H23NO. The van der Waals surface area contributed by atoms with Crippen molar-refractivity contribution < 1.29 is 4.79 Å². The summed E-state index contributed by atoms with van der Waals surface area (Å²) in [5.74, 6) is 0.258. The van der Waals surface area contributed by atoms with Gasteiger partial charge >= 0.3 is 0 Å². The number of carbonyl (C=O) groups excluding carboxylic acids is 1. The monoisotopic (exact) mass is 185 g/mol. The van der Waals surface area contributed by atoms with Crippen molar-refractivity contribution in [2.75, 3.05) is 0 Å². The van der Waals surface area contributed by atoms with E-state index in [2.05, 4.69) is 19.2 Å². The number of rotatable bonds is 3. The predicted octanol–water partition coefficient (Wildman–Crippen LogP) is 2.38. The summed E-state index contributed by atoms with van der Waals surface area (Å²) in [6, 6.07) is 0.335. The van der Waals surface area contributed by atoms with Crippen molar-refractivity contribution in [1.29, 1.82) is 0 Å². The van der Waals surface area contributed by atoms with E-state index in [1.54, 1.807) is 0 Å². The fourth-order valence-electron chi connectivity index (χ4n) is 1.72. The largest absolute Gasteiger partial charge is 0.303 e. The zero-order chi connectivity index (χ0) is 10.9. The first-order valence-electron chi connectivity index (χ1n) is 4.90. The second-order valence-corrected chi connectivity index (χ2v) is 5.50. The van der Waals surface area contributed by atoms with Crippen LogP contribution in [0.4, 0.5) is 0 Å². The second-order valence-electron chi connectivity index (χ2n) is 5.50. The van der Waals surface area contributed by atoms with E-state index in [4.69, 9.17) is 0 Å². The summed E-state index contributed by atoms with van der Waals surface area (Å²) in [6.45, 7) is 13.9. The summed E-state index contributed by atoms with van der Waals surface area (Å²) in [6.07, 6.45) is 0. The average Bonchev–Trinajstić information content (AvgIpc) is 1.80. The zero-order valence-electron chi connectivity index (χ0n) is 9.99. The van der Waals surface area contributed by atoms with Gasteiger partial charge in [-0.25, -0.2) is 0 Å². The molecular weight excluding hydrogens is 162 g/mol. The third-order valence-electron chi connectivity index (χ3n) is 1.90. The van der Waals surface area contributed by atoms with Crippen LogP contribution in [-0.2, 0) is 4.79 Å². The fraction of sp³-hybridized carbons (Fsp3) is 0.909. The maximum atomic E-state index is 12.0. The summed E-state index contributed by atoms with van der Waals surface area (Å²) >= 11 is 0. The summed E-state index contributed by atoms with van der Waals surface area (Å²) in [4.78, 5) is 12.0.